The molecular weight excluding hydrogens is 334 g/mol. The Labute approximate surface area is 164 Å². The van der Waals surface area contributed by atoms with Crippen LogP contribution in [0.5, 0.6) is 0 Å². The van der Waals surface area contributed by atoms with E-state index in [0.717, 1.165) is 51.5 Å². The summed E-state index contributed by atoms with van der Waals surface area (Å²) in [6.07, 6.45) is 1.94. The largest absolute Gasteiger partial charge is 0.373 e. The van der Waals surface area contributed by atoms with Crippen LogP contribution in [0.4, 0.5) is 11.4 Å². The molecule has 5 heteroatoms. The Hall–Kier alpha value is -2.11. The van der Waals surface area contributed by atoms with E-state index in [4.69, 9.17) is 0 Å². The number of hydrogen-bond acceptors (Lipinski definition) is 5. The molecule has 0 N–H and O–H groups in total. The molecule has 0 saturated carbocycles. The smallest absolute Gasteiger partial charge is 0.0564 e. The lowest BCUT2D eigenvalue weighted by atomic mass is 10.2. The van der Waals surface area contributed by atoms with E-state index >= 15 is 0 Å². The normalized spacial score (nSPS) is 15.4. The monoisotopic (exact) mass is 367 g/mol. The third kappa shape index (κ3) is 5.68. The Morgan fingerprint density at radius 1 is 0.926 bits per heavy atom. The molecule has 0 atom stereocenters. The summed E-state index contributed by atoms with van der Waals surface area (Å²) in [7, 11) is 6.38. The molecule has 146 valence electrons. The zero-order valence-electron chi connectivity index (χ0n) is 17.2. The van der Waals surface area contributed by atoms with Gasteiger partial charge in [0.05, 0.1) is 5.69 Å². The van der Waals surface area contributed by atoms with Crippen LogP contribution in [0.1, 0.15) is 11.3 Å². The summed E-state index contributed by atoms with van der Waals surface area (Å²) in [6, 6.07) is 13.2. The van der Waals surface area contributed by atoms with Crippen molar-refractivity contribution < 1.29 is 0 Å². The second-order valence-corrected chi connectivity index (χ2v) is 7.83. The van der Waals surface area contributed by atoms with Crippen molar-refractivity contribution in [1.82, 2.24) is 14.8 Å². The molecule has 0 amide bonds. The summed E-state index contributed by atoms with van der Waals surface area (Å²) in [5.41, 5.74) is 5.06. The molecule has 2 aromatic rings. The Balaban J connectivity index is 1.53. The third-order valence-corrected chi connectivity index (χ3v) is 5.28. The second-order valence-electron chi connectivity index (χ2n) is 7.83. The fourth-order valence-corrected chi connectivity index (χ4v) is 3.42. The van der Waals surface area contributed by atoms with Gasteiger partial charge in [0.2, 0.25) is 0 Å². The maximum Gasteiger partial charge on any atom is 0.0564 e. The average molecular weight is 368 g/mol. The van der Waals surface area contributed by atoms with Crippen molar-refractivity contribution >= 4 is 11.4 Å². The zero-order chi connectivity index (χ0) is 19.2. The van der Waals surface area contributed by atoms with Crippen LogP contribution in [-0.4, -0.2) is 75.2 Å². The number of piperazine rings is 1. The quantitative estimate of drug-likeness (QED) is 0.750. The van der Waals surface area contributed by atoms with Crippen LogP contribution in [-0.2, 0) is 6.54 Å². The van der Waals surface area contributed by atoms with E-state index in [0.29, 0.717) is 0 Å². The zero-order valence-corrected chi connectivity index (χ0v) is 17.2. The first-order chi connectivity index (χ1) is 13.0. The Bertz CT molecular complexity index is 705. The first kappa shape index (κ1) is 19.6. The lowest BCUT2D eigenvalue weighted by Crippen LogP contribution is -2.46. The van der Waals surface area contributed by atoms with Crippen molar-refractivity contribution in [3.8, 4) is 0 Å². The lowest BCUT2D eigenvalue weighted by molar-refractivity contribution is 0.247. The molecule has 1 fully saturated rings. The number of anilines is 2. The van der Waals surface area contributed by atoms with Crippen LogP contribution in [0.2, 0.25) is 0 Å². The first-order valence-corrected chi connectivity index (χ1v) is 9.86. The van der Waals surface area contributed by atoms with Gasteiger partial charge in [0.1, 0.15) is 0 Å². The van der Waals surface area contributed by atoms with Crippen LogP contribution in [0.15, 0.2) is 42.6 Å². The van der Waals surface area contributed by atoms with E-state index < -0.39 is 0 Å². The number of hydrogen-bond donors (Lipinski definition) is 0. The fraction of sp³-hybridized carbons (Fsp3) is 0.500. The Kier molecular flexibility index (Phi) is 6.69. The van der Waals surface area contributed by atoms with Gasteiger partial charge in [-0.15, -0.1) is 0 Å². The molecule has 1 aliphatic rings. The summed E-state index contributed by atoms with van der Waals surface area (Å²) < 4.78 is 0. The molecule has 27 heavy (non-hydrogen) atoms. The van der Waals surface area contributed by atoms with Crippen molar-refractivity contribution in [3.05, 3.63) is 53.9 Å². The molecule has 1 saturated heterocycles. The number of benzene rings is 1. The topological polar surface area (TPSA) is 25.9 Å². The highest BCUT2D eigenvalue weighted by atomic mass is 15.3. The highest BCUT2D eigenvalue weighted by molar-refractivity contribution is 5.48. The summed E-state index contributed by atoms with van der Waals surface area (Å²) in [5.74, 6) is 0. The summed E-state index contributed by atoms with van der Waals surface area (Å²) in [4.78, 5) is 14.1. The van der Waals surface area contributed by atoms with Gasteiger partial charge in [-0.25, -0.2) is 0 Å². The fourth-order valence-electron chi connectivity index (χ4n) is 3.42. The lowest BCUT2D eigenvalue weighted by Gasteiger charge is -2.36. The van der Waals surface area contributed by atoms with Crippen LogP contribution in [0.3, 0.4) is 0 Å². The first-order valence-electron chi connectivity index (χ1n) is 9.86. The molecule has 5 nitrogen and oxygen atoms in total. The van der Waals surface area contributed by atoms with Gasteiger partial charge < -0.3 is 14.7 Å². The van der Waals surface area contributed by atoms with E-state index in [1.54, 1.807) is 0 Å². The molecule has 0 spiro atoms. The molecule has 1 aromatic heterocycles. The van der Waals surface area contributed by atoms with Gasteiger partial charge in [0.15, 0.2) is 0 Å². The van der Waals surface area contributed by atoms with Gasteiger partial charge >= 0.3 is 0 Å². The Morgan fingerprint density at radius 2 is 1.63 bits per heavy atom. The van der Waals surface area contributed by atoms with Crippen LogP contribution in [0.25, 0.3) is 0 Å². The number of aryl methyl sites for hydroxylation is 1. The van der Waals surface area contributed by atoms with Gasteiger partial charge in [-0.3, -0.25) is 9.88 Å². The van der Waals surface area contributed by atoms with E-state index in [1.165, 1.54) is 16.9 Å². The average Bonchev–Trinajstić information content (AvgIpc) is 2.67. The van der Waals surface area contributed by atoms with E-state index in [9.17, 15) is 0 Å². The second kappa shape index (κ2) is 9.20. The van der Waals surface area contributed by atoms with Crippen LogP contribution >= 0.6 is 0 Å². The molecule has 0 aliphatic carbocycles. The van der Waals surface area contributed by atoms with Gasteiger partial charge in [-0.1, -0.05) is 17.7 Å². The third-order valence-electron chi connectivity index (χ3n) is 5.28. The minimum atomic E-state index is 0.928. The minimum absolute atomic E-state index is 0.928. The number of rotatable bonds is 7. The molecule has 3 rings (SSSR count). The van der Waals surface area contributed by atoms with Crippen molar-refractivity contribution in [2.75, 3.05) is 70.2 Å². The number of nitrogens with zero attached hydrogens (tertiary/aromatic N) is 5. The van der Waals surface area contributed by atoms with Gasteiger partial charge in [0.25, 0.3) is 0 Å². The predicted octanol–water partition coefficient (Wildman–Crippen LogP) is 2.71. The summed E-state index contributed by atoms with van der Waals surface area (Å²) >= 11 is 0. The maximum atomic E-state index is 4.61. The molecule has 1 aliphatic heterocycles. The van der Waals surface area contributed by atoms with Crippen molar-refractivity contribution in [3.63, 3.8) is 0 Å². The van der Waals surface area contributed by atoms with Gasteiger partial charge in [0, 0.05) is 70.4 Å². The summed E-state index contributed by atoms with van der Waals surface area (Å²) in [5, 5.41) is 0. The standard InChI is InChI=1S/C22H33N5/c1-19-5-7-21(8-6-19)27-15-13-26(14-16-27)18-20-17-22(9-10-23-20)25(4)12-11-24(2)3/h5-10,17H,11-16,18H2,1-4H3. The Morgan fingerprint density at radius 3 is 2.30 bits per heavy atom. The predicted molar refractivity (Wildman–Crippen MR) is 115 cm³/mol. The summed E-state index contributed by atoms with van der Waals surface area (Å²) in [6.45, 7) is 9.45. The van der Waals surface area contributed by atoms with E-state index in [2.05, 4.69) is 89.0 Å². The maximum absolute atomic E-state index is 4.61. The molecule has 0 bridgehead atoms. The SMILES string of the molecule is Cc1ccc(N2CCN(Cc3cc(N(C)CCN(C)C)ccn3)CC2)cc1. The van der Waals surface area contributed by atoms with Crippen molar-refractivity contribution in [1.29, 1.82) is 0 Å². The van der Waals surface area contributed by atoms with Gasteiger partial charge in [-0.05, 0) is 45.3 Å². The van der Waals surface area contributed by atoms with Crippen LogP contribution < -0.4 is 9.80 Å². The van der Waals surface area contributed by atoms with Crippen molar-refractivity contribution in [2.45, 2.75) is 13.5 Å². The van der Waals surface area contributed by atoms with Crippen LogP contribution in [0, 0.1) is 6.92 Å². The minimum Gasteiger partial charge on any atom is -0.373 e. The highest BCUT2D eigenvalue weighted by Crippen LogP contribution is 2.19. The highest BCUT2D eigenvalue weighted by Gasteiger charge is 2.18. The van der Waals surface area contributed by atoms with Gasteiger partial charge in [-0.2, -0.15) is 0 Å². The molecule has 1 aromatic carbocycles. The van der Waals surface area contributed by atoms with E-state index in [-0.39, 0.29) is 0 Å². The number of pyridine rings is 1. The molecule has 0 unspecified atom stereocenters. The molecule has 0 radical (unpaired) electrons. The molecule has 2 heterocycles. The van der Waals surface area contributed by atoms with E-state index in [1.807, 2.05) is 6.20 Å². The molecular formula is C22H33N5. The number of aromatic nitrogens is 1. The number of likely N-dealkylation sites (N-methyl/N-ethyl adjacent to an activating group) is 2. The van der Waals surface area contributed by atoms with Crippen molar-refractivity contribution in [2.24, 2.45) is 0 Å².